The van der Waals surface area contributed by atoms with Gasteiger partial charge in [-0.15, -0.1) is 0 Å². The van der Waals surface area contributed by atoms with Crippen LogP contribution in [-0.2, 0) is 12.8 Å². The van der Waals surface area contributed by atoms with E-state index < -0.39 is 0 Å². The van der Waals surface area contributed by atoms with Gasteiger partial charge in [-0.3, -0.25) is 4.79 Å². The molecule has 1 amide bonds. The molecule has 0 bridgehead atoms. The van der Waals surface area contributed by atoms with Crippen LogP contribution in [-0.4, -0.2) is 23.9 Å². The summed E-state index contributed by atoms with van der Waals surface area (Å²) in [6.45, 7) is 1.90. The molecular weight excluding hydrogens is 224 g/mol. The first kappa shape index (κ1) is 12.6. The van der Waals surface area contributed by atoms with Crippen LogP contribution in [0.15, 0.2) is 18.2 Å². The second-order valence-electron chi connectivity index (χ2n) is 4.96. The molecule has 2 rings (SSSR count). The van der Waals surface area contributed by atoms with Crippen molar-refractivity contribution in [3.05, 3.63) is 34.9 Å². The van der Waals surface area contributed by atoms with E-state index in [0.29, 0.717) is 6.42 Å². The van der Waals surface area contributed by atoms with Gasteiger partial charge in [0.05, 0.1) is 12.5 Å². The lowest BCUT2D eigenvalue weighted by Gasteiger charge is -2.23. The van der Waals surface area contributed by atoms with Crippen LogP contribution in [0.4, 0.5) is 0 Å². The molecule has 1 aliphatic rings. The minimum atomic E-state index is -0.0456. The molecule has 1 aromatic carbocycles. The van der Waals surface area contributed by atoms with Crippen molar-refractivity contribution in [2.75, 3.05) is 7.05 Å². The molecule has 0 saturated carbocycles. The molecule has 1 atom stereocenters. The maximum atomic E-state index is 12.3. The third kappa shape index (κ3) is 2.38. The van der Waals surface area contributed by atoms with Crippen molar-refractivity contribution in [2.45, 2.75) is 38.6 Å². The van der Waals surface area contributed by atoms with Gasteiger partial charge in [-0.2, -0.15) is 5.26 Å². The summed E-state index contributed by atoms with van der Waals surface area (Å²) in [6, 6.07) is 8.04. The lowest BCUT2D eigenvalue weighted by Crippen LogP contribution is -2.34. The molecule has 1 aliphatic carbocycles. The van der Waals surface area contributed by atoms with Gasteiger partial charge in [0.15, 0.2) is 0 Å². The normalized spacial score (nSPS) is 14.7. The number of carbonyl (C=O) groups is 1. The number of hydrogen-bond acceptors (Lipinski definition) is 2. The van der Waals surface area contributed by atoms with Crippen molar-refractivity contribution in [3.63, 3.8) is 0 Å². The van der Waals surface area contributed by atoms with E-state index in [-0.39, 0.29) is 11.9 Å². The van der Waals surface area contributed by atoms with E-state index >= 15 is 0 Å². The number of amides is 1. The van der Waals surface area contributed by atoms with Crippen LogP contribution in [0.3, 0.4) is 0 Å². The summed E-state index contributed by atoms with van der Waals surface area (Å²) in [4.78, 5) is 13.9. The van der Waals surface area contributed by atoms with Gasteiger partial charge in [0.1, 0.15) is 0 Å². The van der Waals surface area contributed by atoms with Crippen LogP contribution in [0, 0.1) is 11.3 Å². The van der Waals surface area contributed by atoms with E-state index in [1.54, 1.807) is 11.9 Å². The highest BCUT2D eigenvalue weighted by Gasteiger charge is 2.19. The number of carbonyl (C=O) groups excluding carboxylic acids is 1. The fourth-order valence-corrected chi connectivity index (χ4v) is 2.38. The molecule has 0 N–H and O–H groups in total. The molecular formula is C15H18N2O. The van der Waals surface area contributed by atoms with E-state index in [4.69, 9.17) is 5.26 Å². The lowest BCUT2D eigenvalue weighted by molar-refractivity contribution is 0.0746. The summed E-state index contributed by atoms with van der Waals surface area (Å²) in [6.07, 6.45) is 3.76. The number of hydrogen-bond donors (Lipinski definition) is 0. The van der Waals surface area contributed by atoms with Crippen molar-refractivity contribution in [1.29, 1.82) is 5.26 Å². The Hall–Kier alpha value is -1.82. The third-order valence-electron chi connectivity index (χ3n) is 3.71. The lowest BCUT2D eigenvalue weighted by atomic mass is 10.0. The zero-order valence-corrected chi connectivity index (χ0v) is 10.9. The molecule has 0 spiro atoms. The predicted molar refractivity (Wildman–Crippen MR) is 70.3 cm³/mol. The van der Waals surface area contributed by atoms with Gasteiger partial charge in [-0.1, -0.05) is 6.07 Å². The fraction of sp³-hybridized carbons (Fsp3) is 0.467. The largest absolute Gasteiger partial charge is 0.338 e. The molecule has 0 saturated heterocycles. The van der Waals surface area contributed by atoms with Gasteiger partial charge in [0.25, 0.3) is 5.91 Å². The van der Waals surface area contributed by atoms with E-state index in [9.17, 15) is 4.79 Å². The molecule has 18 heavy (non-hydrogen) atoms. The zero-order chi connectivity index (χ0) is 13.1. The smallest absolute Gasteiger partial charge is 0.253 e. The van der Waals surface area contributed by atoms with Crippen molar-refractivity contribution < 1.29 is 4.79 Å². The Morgan fingerprint density at radius 2 is 2.17 bits per heavy atom. The van der Waals surface area contributed by atoms with E-state index in [1.165, 1.54) is 17.5 Å². The Labute approximate surface area is 108 Å². The molecule has 0 aliphatic heterocycles. The van der Waals surface area contributed by atoms with Crippen LogP contribution in [0.1, 0.15) is 41.3 Å². The summed E-state index contributed by atoms with van der Waals surface area (Å²) in [5.74, 6) is 0.00690. The second-order valence-corrected chi connectivity index (χ2v) is 4.96. The zero-order valence-electron chi connectivity index (χ0n) is 10.9. The minimum absolute atomic E-state index is 0.00690. The van der Waals surface area contributed by atoms with E-state index in [1.807, 2.05) is 19.1 Å². The number of nitrogens with zero attached hydrogens (tertiary/aromatic N) is 2. The standard InChI is InChI=1S/C15H18N2O/c1-11(8-9-16)17(2)15(18)14-7-6-12-4-3-5-13(12)10-14/h6-7,10-11H,3-5,8H2,1-2H3. The van der Waals surface area contributed by atoms with Crippen molar-refractivity contribution >= 4 is 5.91 Å². The quantitative estimate of drug-likeness (QED) is 0.817. The molecule has 0 aromatic heterocycles. The molecule has 0 radical (unpaired) electrons. The molecule has 1 aromatic rings. The highest BCUT2D eigenvalue weighted by Crippen LogP contribution is 2.23. The van der Waals surface area contributed by atoms with Crippen LogP contribution >= 0.6 is 0 Å². The Morgan fingerprint density at radius 1 is 1.44 bits per heavy atom. The first-order chi connectivity index (χ1) is 8.63. The molecule has 3 nitrogen and oxygen atoms in total. The molecule has 1 unspecified atom stereocenters. The van der Waals surface area contributed by atoms with E-state index in [2.05, 4.69) is 12.1 Å². The van der Waals surface area contributed by atoms with Crippen LogP contribution < -0.4 is 0 Å². The SMILES string of the molecule is CC(CC#N)N(C)C(=O)c1ccc2c(c1)CCC2. The average molecular weight is 242 g/mol. The number of fused-ring (bicyclic) bond motifs is 1. The number of benzene rings is 1. The molecule has 3 heteroatoms. The fourth-order valence-electron chi connectivity index (χ4n) is 2.38. The van der Waals surface area contributed by atoms with Gasteiger partial charge in [0, 0.05) is 18.7 Å². The van der Waals surface area contributed by atoms with E-state index in [0.717, 1.165) is 18.4 Å². The highest BCUT2D eigenvalue weighted by molar-refractivity contribution is 5.94. The minimum Gasteiger partial charge on any atom is -0.338 e. The third-order valence-corrected chi connectivity index (χ3v) is 3.71. The summed E-state index contributed by atoms with van der Waals surface area (Å²) >= 11 is 0. The Bertz CT molecular complexity index is 502. The Morgan fingerprint density at radius 3 is 2.89 bits per heavy atom. The van der Waals surface area contributed by atoms with Gasteiger partial charge < -0.3 is 4.90 Å². The van der Waals surface area contributed by atoms with Gasteiger partial charge in [0.2, 0.25) is 0 Å². The molecule has 0 fully saturated rings. The van der Waals surface area contributed by atoms with Crippen LogP contribution in [0.2, 0.25) is 0 Å². The highest BCUT2D eigenvalue weighted by atomic mass is 16.2. The van der Waals surface area contributed by atoms with Crippen molar-refractivity contribution in [2.24, 2.45) is 0 Å². The molecule has 0 heterocycles. The van der Waals surface area contributed by atoms with Gasteiger partial charge in [-0.05, 0) is 49.4 Å². The number of rotatable bonds is 3. The second kappa shape index (κ2) is 5.22. The monoisotopic (exact) mass is 242 g/mol. The first-order valence-electron chi connectivity index (χ1n) is 6.39. The maximum absolute atomic E-state index is 12.3. The molecule has 94 valence electrons. The van der Waals surface area contributed by atoms with Crippen LogP contribution in [0.25, 0.3) is 0 Å². The first-order valence-corrected chi connectivity index (χ1v) is 6.39. The summed E-state index contributed by atoms with van der Waals surface area (Å²) in [5, 5.41) is 8.68. The Kier molecular flexibility index (Phi) is 3.66. The summed E-state index contributed by atoms with van der Waals surface area (Å²) < 4.78 is 0. The summed E-state index contributed by atoms with van der Waals surface area (Å²) in [7, 11) is 1.76. The summed E-state index contributed by atoms with van der Waals surface area (Å²) in [5.41, 5.74) is 3.42. The van der Waals surface area contributed by atoms with Crippen LogP contribution in [0.5, 0.6) is 0 Å². The Balaban J connectivity index is 2.16. The number of aryl methyl sites for hydroxylation is 2. The number of nitriles is 1. The predicted octanol–water partition coefficient (Wildman–Crippen LogP) is 2.55. The topological polar surface area (TPSA) is 44.1 Å². The van der Waals surface area contributed by atoms with Gasteiger partial charge in [-0.25, -0.2) is 0 Å². The van der Waals surface area contributed by atoms with Crippen molar-refractivity contribution in [3.8, 4) is 6.07 Å². The maximum Gasteiger partial charge on any atom is 0.253 e. The van der Waals surface area contributed by atoms with Crippen molar-refractivity contribution in [1.82, 2.24) is 4.90 Å². The van der Waals surface area contributed by atoms with Gasteiger partial charge >= 0.3 is 0 Å². The average Bonchev–Trinajstić information content (AvgIpc) is 2.84.